The normalized spacial score (nSPS) is 11.4. The number of hydrogen-bond acceptors (Lipinski definition) is 3. The fourth-order valence-electron chi connectivity index (χ4n) is 1.78. The van der Waals surface area contributed by atoms with Crippen molar-refractivity contribution >= 4 is 21.6 Å². The van der Waals surface area contributed by atoms with Crippen LogP contribution in [0.4, 0.5) is 5.69 Å². The van der Waals surface area contributed by atoms with Crippen molar-refractivity contribution in [1.29, 1.82) is 0 Å². The zero-order chi connectivity index (χ0) is 14.8. The van der Waals surface area contributed by atoms with Crippen molar-refractivity contribution < 1.29 is 4.74 Å². The number of ether oxygens (including phenoxy) is 1. The molecule has 4 nitrogen and oxygen atoms in total. The summed E-state index contributed by atoms with van der Waals surface area (Å²) >= 11 is 3.53. The Morgan fingerprint density at radius 2 is 2.10 bits per heavy atom. The summed E-state index contributed by atoms with van der Waals surface area (Å²) in [7, 11) is 1.67. The van der Waals surface area contributed by atoms with E-state index in [1.165, 1.54) is 0 Å². The maximum Gasteiger partial charge on any atom is 0.121 e. The number of halogens is 1. The Morgan fingerprint density at radius 1 is 1.35 bits per heavy atom. The summed E-state index contributed by atoms with van der Waals surface area (Å²) in [6.07, 6.45) is 3.97. The Morgan fingerprint density at radius 3 is 2.70 bits per heavy atom. The van der Waals surface area contributed by atoms with Gasteiger partial charge in [-0.05, 0) is 48.8 Å². The van der Waals surface area contributed by atoms with Gasteiger partial charge in [0.25, 0.3) is 0 Å². The largest absolute Gasteiger partial charge is 0.497 e. The van der Waals surface area contributed by atoms with Gasteiger partial charge >= 0.3 is 0 Å². The number of aromatic nitrogens is 2. The molecule has 20 heavy (non-hydrogen) atoms. The van der Waals surface area contributed by atoms with Gasteiger partial charge in [-0.1, -0.05) is 0 Å². The lowest BCUT2D eigenvalue weighted by molar-refractivity contribution is 0.355. The molecule has 0 amide bonds. The molecule has 1 heterocycles. The molecule has 0 saturated carbocycles. The van der Waals surface area contributed by atoms with Crippen molar-refractivity contribution in [3.05, 3.63) is 40.6 Å². The van der Waals surface area contributed by atoms with Gasteiger partial charge in [0.1, 0.15) is 5.75 Å². The highest BCUT2D eigenvalue weighted by Gasteiger charge is 2.13. The Kier molecular flexibility index (Phi) is 4.38. The second kappa shape index (κ2) is 5.87. The smallest absolute Gasteiger partial charge is 0.121 e. The molecular weight excluding hydrogens is 318 g/mol. The predicted molar refractivity (Wildman–Crippen MR) is 85.2 cm³/mol. The summed E-state index contributed by atoms with van der Waals surface area (Å²) in [4.78, 5) is 0. The van der Waals surface area contributed by atoms with Crippen LogP contribution in [0.2, 0.25) is 0 Å². The third-order valence-electron chi connectivity index (χ3n) is 2.98. The Labute approximate surface area is 128 Å². The quantitative estimate of drug-likeness (QED) is 0.915. The van der Waals surface area contributed by atoms with E-state index in [4.69, 9.17) is 4.74 Å². The SMILES string of the molecule is COc1ccc(Br)c(NCc2cnn(C(C)(C)C)c2)c1. The molecular formula is C15H20BrN3O. The first-order valence-corrected chi connectivity index (χ1v) is 7.31. The van der Waals surface area contributed by atoms with Gasteiger partial charge in [0.2, 0.25) is 0 Å². The molecule has 0 bridgehead atoms. The van der Waals surface area contributed by atoms with Gasteiger partial charge in [0, 0.05) is 28.8 Å². The molecule has 0 spiro atoms. The molecule has 0 unspecified atom stereocenters. The van der Waals surface area contributed by atoms with Crippen molar-refractivity contribution in [3.63, 3.8) is 0 Å². The van der Waals surface area contributed by atoms with Gasteiger partial charge in [0.15, 0.2) is 0 Å². The number of hydrogen-bond donors (Lipinski definition) is 1. The highest BCUT2D eigenvalue weighted by molar-refractivity contribution is 9.10. The van der Waals surface area contributed by atoms with Crippen LogP contribution in [0.15, 0.2) is 35.1 Å². The van der Waals surface area contributed by atoms with Crippen LogP contribution in [0.1, 0.15) is 26.3 Å². The van der Waals surface area contributed by atoms with E-state index in [1.807, 2.05) is 29.1 Å². The first-order chi connectivity index (χ1) is 9.40. The number of nitrogens with zero attached hydrogens (tertiary/aromatic N) is 2. The standard InChI is InChI=1S/C15H20BrN3O/c1-15(2,3)19-10-11(9-18-19)8-17-14-7-12(20-4)5-6-13(14)16/h5-7,9-10,17H,8H2,1-4H3. The zero-order valence-corrected chi connectivity index (χ0v) is 13.9. The molecule has 0 aliphatic heterocycles. The molecule has 1 N–H and O–H groups in total. The molecule has 0 saturated heterocycles. The summed E-state index contributed by atoms with van der Waals surface area (Å²) in [6, 6.07) is 5.87. The van der Waals surface area contributed by atoms with E-state index in [0.29, 0.717) is 0 Å². The van der Waals surface area contributed by atoms with Crippen LogP contribution in [0.25, 0.3) is 0 Å². The summed E-state index contributed by atoms with van der Waals surface area (Å²) in [5.41, 5.74) is 2.16. The molecule has 0 fully saturated rings. The average Bonchev–Trinajstić information content (AvgIpc) is 2.86. The van der Waals surface area contributed by atoms with Crippen molar-refractivity contribution in [1.82, 2.24) is 9.78 Å². The van der Waals surface area contributed by atoms with E-state index >= 15 is 0 Å². The van der Waals surface area contributed by atoms with Crippen LogP contribution in [0.5, 0.6) is 5.75 Å². The molecule has 5 heteroatoms. The lowest BCUT2D eigenvalue weighted by atomic mass is 10.1. The van der Waals surface area contributed by atoms with E-state index in [-0.39, 0.29) is 5.54 Å². The Bertz CT molecular complexity index is 587. The van der Waals surface area contributed by atoms with Crippen LogP contribution in [0.3, 0.4) is 0 Å². The van der Waals surface area contributed by atoms with Crippen LogP contribution >= 0.6 is 15.9 Å². The van der Waals surface area contributed by atoms with E-state index in [2.05, 4.69) is 53.3 Å². The van der Waals surface area contributed by atoms with Crippen LogP contribution in [0, 0.1) is 0 Å². The molecule has 1 aromatic carbocycles. The molecule has 0 atom stereocenters. The van der Waals surface area contributed by atoms with E-state index in [9.17, 15) is 0 Å². The second-order valence-corrected chi connectivity index (χ2v) is 6.52. The lowest BCUT2D eigenvalue weighted by Gasteiger charge is -2.18. The van der Waals surface area contributed by atoms with E-state index in [0.717, 1.165) is 28.0 Å². The van der Waals surface area contributed by atoms with Crippen molar-refractivity contribution in [2.75, 3.05) is 12.4 Å². The lowest BCUT2D eigenvalue weighted by Crippen LogP contribution is -2.21. The van der Waals surface area contributed by atoms with Gasteiger partial charge in [-0.15, -0.1) is 0 Å². The van der Waals surface area contributed by atoms with Crippen LogP contribution in [-0.2, 0) is 12.1 Å². The number of anilines is 1. The highest BCUT2D eigenvalue weighted by Crippen LogP contribution is 2.27. The first-order valence-electron chi connectivity index (χ1n) is 6.51. The minimum absolute atomic E-state index is 0.00873. The maximum absolute atomic E-state index is 5.23. The van der Waals surface area contributed by atoms with Gasteiger partial charge in [-0.2, -0.15) is 5.10 Å². The van der Waals surface area contributed by atoms with Crippen molar-refractivity contribution in [2.45, 2.75) is 32.9 Å². The Hall–Kier alpha value is -1.49. The fraction of sp³-hybridized carbons (Fsp3) is 0.400. The van der Waals surface area contributed by atoms with Crippen molar-refractivity contribution in [3.8, 4) is 5.75 Å². The molecule has 2 rings (SSSR count). The number of methoxy groups -OCH3 is 1. The molecule has 0 radical (unpaired) electrons. The third-order valence-corrected chi connectivity index (χ3v) is 3.67. The topological polar surface area (TPSA) is 39.1 Å². The van der Waals surface area contributed by atoms with E-state index in [1.54, 1.807) is 7.11 Å². The van der Waals surface area contributed by atoms with Crippen LogP contribution < -0.4 is 10.1 Å². The molecule has 1 aromatic heterocycles. The minimum atomic E-state index is 0.00873. The molecule has 0 aliphatic rings. The summed E-state index contributed by atoms with van der Waals surface area (Å²) in [6.45, 7) is 7.13. The monoisotopic (exact) mass is 337 g/mol. The first kappa shape index (κ1) is 14.9. The number of benzene rings is 1. The number of nitrogens with one attached hydrogen (secondary N) is 1. The highest BCUT2D eigenvalue weighted by atomic mass is 79.9. The van der Waals surface area contributed by atoms with Gasteiger partial charge < -0.3 is 10.1 Å². The van der Waals surface area contributed by atoms with Crippen LogP contribution in [-0.4, -0.2) is 16.9 Å². The second-order valence-electron chi connectivity index (χ2n) is 5.66. The van der Waals surface area contributed by atoms with Crippen molar-refractivity contribution in [2.24, 2.45) is 0 Å². The predicted octanol–water partition coefficient (Wildman–Crippen LogP) is 4.02. The summed E-state index contributed by atoms with van der Waals surface area (Å²) in [5.74, 6) is 0.834. The number of rotatable bonds is 4. The summed E-state index contributed by atoms with van der Waals surface area (Å²) < 4.78 is 8.23. The van der Waals surface area contributed by atoms with Gasteiger partial charge in [-0.25, -0.2) is 0 Å². The zero-order valence-electron chi connectivity index (χ0n) is 12.3. The summed E-state index contributed by atoms with van der Waals surface area (Å²) in [5, 5.41) is 7.78. The molecule has 0 aliphatic carbocycles. The minimum Gasteiger partial charge on any atom is -0.497 e. The molecule has 2 aromatic rings. The van der Waals surface area contributed by atoms with Gasteiger partial charge in [-0.3, -0.25) is 4.68 Å². The Balaban J connectivity index is 2.07. The third kappa shape index (κ3) is 3.54. The molecule has 108 valence electrons. The fourth-order valence-corrected chi connectivity index (χ4v) is 2.17. The average molecular weight is 338 g/mol. The van der Waals surface area contributed by atoms with E-state index < -0.39 is 0 Å². The maximum atomic E-state index is 5.23. The van der Waals surface area contributed by atoms with Gasteiger partial charge in [0.05, 0.1) is 24.5 Å².